The number of carbonyl (C=O) groups is 2. The number of anilines is 1. The number of hydrogen-bond acceptors (Lipinski definition) is 4. The van der Waals surface area contributed by atoms with Crippen LogP contribution in [-0.2, 0) is 26.2 Å². The second-order valence-corrected chi connectivity index (χ2v) is 12.7. The summed E-state index contributed by atoms with van der Waals surface area (Å²) in [5, 5.41) is 3.60. The fraction of sp³-hybridized carbons (Fsp3) is 0.286. The van der Waals surface area contributed by atoms with Crippen LogP contribution in [-0.4, -0.2) is 43.8 Å². The smallest absolute Gasteiger partial charge is 0.264 e. The predicted molar refractivity (Wildman–Crippen MR) is 159 cm³/mol. The lowest BCUT2D eigenvalue weighted by Gasteiger charge is -2.32. The molecule has 0 radical (unpaired) electrons. The molecule has 7 nitrogen and oxygen atoms in total. The summed E-state index contributed by atoms with van der Waals surface area (Å²) in [4.78, 5) is 28.3. The Labute approximate surface area is 248 Å². The number of benzene rings is 3. The van der Waals surface area contributed by atoms with Gasteiger partial charge in [0.1, 0.15) is 12.6 Å². The molecule has 0 aliphatic heterocycles. The van der Waals surface area contributed by atoms with Crippen molar-refractivity contribution in [3.05, 3.63) is 92.9 Å². The topological polar surface area (TPSA) is 86.8 Å². The average Bonchev–Trinajstić information content (AvgIpc) is 2.90. The van der Waals surface area contributed by atoms with Crippen LogP contribution in [0.3, 0.4) is 0 Å². The minimum Gasteiger partial charge on any atom is -0.352 e. The van der Waals surface area contributed by atoms with Gasteiger partial charge in [-0.25, -0.2) is 8.42 Å². The number of nitrogens with one attached hydrogen (secondary N) is 1. The highest BCUT2D eigenvalue weighted by Crippen LogP contribution is 2.27. The molecule has 0 saturated heterocycles. The standard InChI is InChI=1S/C28H30BrCl2N3O4S/c1-4-19(2)32-28(36)20(3)33(17-21-8-10-22(29)11-9-21)27(35)18-34(25-7-5-6-24(31)16-25)39(37,38)26-14-12-23(30)13-15-26/h5-16,19-20H,4,17-18H2,1-3H3,(H,32,36)/t19-,20+/m0/s1. The number of hydrogen-bond donors (Lipinski definition) is 1. The molecule has 3 rings (SSSR count). The molecule has 3 aromatic carbocycles. The first kappa shape index (κ1) is 30.9. The van der Waals surface area contributed by atoms with Gasteiger partial charge in [0.2, 0.25) is 11.8 Å². The van der Waals surface area contributed by atoms with Crippen molar-refractivity contribution in [1.82, 2.24) is 10.2 Å². The highest BCUT2D eigenvalue weighted by molar-refractivity contribution is 9.10. The number of rotatable bonds is 11. The fourth-order valence-electron chi connectivity index (χ4n) is 3.73. The first-order valence-electron chi connectivity index (χ1n) is 12.3. The predicted octanol–water partition coefficient (Wildman–Crippen LogP) is 6.28. The molecule has 2 atom stereocenters. The number of halogens is 3. The van der Waals surface area contributed by atoms with Gasteiger partial charge in [0.05, 0.1) is 10.6 Å². The van der Waals surface area contributed by atoms with Gasteiger partial charge in [-0.1, -0.05) is 64.3 Å². The zero-order valence-electron chi connectivity index (χ0n) is 21.8. The molecule has 11 heteroatoms. The molecule has 3 aromatic rings. The Bertz CT molecular complexity index is 1400. The number of carbonyl (C=O) groups excluding carboxylic acids is 2. The van der Waals surface area contributed by atoms with Crippen LogP contribution in [0.1, 0.15) is 32.8 Å². The van der Waals surface area contributed by atoms with E-state index in [0.717, 1.165) is 20.8 Å². The van der Waals surface area contributed by atoms with Crippen LogP contribution >= 0.6 is 39.1 Å². The van der Waals surface area contributed by atoms with E-state index < -0.39 is 28.5 Å². The van der Waals surface area contributed by atoms with E-state index in [1.807, 2.05) is 38.1 Å². The van der Waals surface area contributed by atoms with Gasteiger partial charge in [0.25, 0.3) is 10.0 Å². The van der Waals surface area contributed by atoms with Crippen LogP contribution in [0.4, 0.5) is 5.69 Å². The van der Waals surface area contributed by atoms with Gasteiger partial charge in [-0.05, 0) is 80.4 Å². The Morgan fingerprint density at radius 2 is 1.59 bits per heavy atom. The van der Waals surface area contributed by atoms with E-state index in [-0.39, 0.29) is 29.1 Å². The summed E-state index contributed by atoms with van der Waals surface area (Å²) in [5.74, 6) is -0.882. The quantitative estimate of drug-likeness (QED) is 0.264. The molecule has 0 aromatic heterocycles. The maximum absolute atomic E-state index is 13.9. The Balaban J connectivity index is 2.02. The highest BCUT2D eigenvalue weighted by Gasteiger charge is 2.33. The van der Waals surface area contributed by atoms with E-state index in [1.165, 1.54) is 35.2 Å². The van der Waals surface area contributed by atoms with Crippen LogP contribution < -0.4 is 9.62 Å². The van der Waals surface area contributed by atoms with Gasteiger partial charge in [-0.3, -0.25) is 13.9 Å². The monoisotopic (exact) mass is 653 g/mol. The fourth-order valence-corrected chi connectivity index (χ4v) is 5.71. The second kappa shape index (κ2) is 13.7. The number of amides is 2. The molecule has 0 bridgehead atoms. The van der Waals surface area contributed by atoms with Crippen molar-refractivity contribution >= 4 is 66.7 Å². The number of nitrogens with zero attached hydrogens (tertiary/aromatic N) is 2. The molecule has 1 N–H and O–H groups in total. The SMILES string of the molecule is CC[C@H](C)NC(=O)[C@@H](C)N(Cc1ccc(Br)cc1)C(=O)CN(c1cccc(Cl)c1)S(=O)(=O)c1ccc(Cl)cc1. The third-order valence-corrected chi connectivity index (χ3v) is 9.02. The largest absolute Gasteiger partial charge is 0.352 e. The van der Waals surface area contributed by atoms with Gasteiger partial charge in [0, 0.05) is 27.1 Å². The summed E-state index contributed by atoms with van der Waals surface area (Å²) in [7, 11) is -4.20. The van der Waals surface area contributed by atoms with Crippen molar-refractivity contribution in [1.29, 1.82) is 0 Å². The Morgan fingerprint density at radius 1 is 0.949 bits per heavy atom. The molecular formula is C28H30BrCl2N3O4S. The van der Waals surface area contributed by atoms with Gasteiger partial charge in [-0.2, -0.15) is 0 Å². The van der Waals surface area contributed by atoms with E-state index >= 15 is 0 Å². The third kappa shape index (κ3) is 8.20. The molecule has 0 saturated carbocycles. The summed E-state index contributed by atoms with van der Waals surface area (Å²) in [6, 6.07) is 18.3. The van der Waals surface area contributed by atoms with Crippen molar-refractivity contribution in [2.45, 2.75) is 50.7 Å². The highest BCUT2D eigenvalue weighted by atomic mass is 79.9. The van der Waals surface area contributed by atoms with Crippen LogP contribution in [0.15, 0.2) is 82.2 Å². The zero-order chi connectivity index (χ0) is 28.7. The first-order valence-corrected chi connectivity index (χ1v) is 15.3. The van der Waals surface area contributed by atoms with Gasteiger partial charge in [0.15, 0.2) is 0 Å². The van der Waals surface area contributed by atoms with Crippen molar-refractivity contribution in [3.63, 3.8) is 0 Å². The van der Waals surface area contributed by atoms with E-state index in [2.05, 4.69) is 21.2 Å². The van der Waals surface area contributed by atoms with Gasteiger partial charge in [-0.15, -0.1) is 0 Å². The minimum atomic E-state index is -4.20. The van der Waals surface area contributed by atoms with E-state index in [0.29, 0.717) is 10.0 Å². The molecule has 2 amide bonds. The Morgan fingerprint density at radius 3 is 2.18 bits per heavy atom. The molecule has 0 spiro atoms. The van der Waals surface area contributed by atoms with Crippen molar-refractivity contribution < 1.29 is 18.0 Å². The lowest BCUT2D eigenvalue weighted by molar-refractivity contribution is -0.139. The number of sulfonamides is 1. The summed E-state index contributed by atoms with van der Waals surface area (Å²) >= 11 is 15.6. The normalized spacial score (nSPS) is 12.9. The molecule has 208 valence electrons. The van der Waals surface area contributed by atoms with Crippen LogP contribution in [0.5, 0.6) is 0 Å². The summed E-state index contributed by atoms with van der Waals surface area (Å²) in [6.07, 6.45) is 0.723. The van der Waals surface area contributed by atoms with E-state index in [1.54, 1.807) is 25.1 Å². The lowest BCUT2D eigenvalue weighted by atomic mass is 10.1. The lowest BCUT2D eigenvalue weighted by Crippen LogP contribution is -2.52. The Kier molecular flexibility index (Phi) is 10.8. The molecule has 0 heterocycles. The summed E-state index contributed by atoms with van der Waals surface area (Å²) in [6.45, 7) is 5.01. The average molecular weight is 655 g/mol. The molecule has 0 fully saturated rings. The van der Waals surface area contributed by atoms with Crippen molar-refractivity contribution in [2.75, 3.05) is 10.8 Å². The minimum absolute atomic E-state index is 0.0401. The zero-order valence-corrected chi connectivity index (χ0v) is 25.7. The summed E-state index contributed by atoms with van der Waals surface area (Å²) in [5.41, 5.74) is 0.996. The van der Waals surface area contributed by atoms with Crippen molar-refractivity contribution in [2.24, 2.45) is 0 Å². The van der Waals surface area contributed by atoms with Crippen LogP contribution in [0.2, 0.25) is 10.0 Å². The van der Waals surface area contributed by atoms with Gasteiger partial charge >= 0.3 is 0 Å². The van der Waals surface area contributed by atoms with Crippen molar-refractivity contribution in [3.8, 4) is 0 Å². The maximum atomic E-state index is 13.9. The van der Waals surface area contributed by atoms with Crippen LogP contribution in [0.25, 0.3) is 0 Å². The molecular weight excluding hydrogens is 625 g/mol. The molecule has 0 aliphatic carbocycles. The first-order chi connectivity index (χ1) is 18.4. The third-order valence-electron chi connectivity index (χ3n) is 6.21. The Hall–Kier alpha value is -2.59. The molecule has 0 aliphatic rings. The van der Waals surface area contributed by atoms with E-state index in [9.17, 15) is 18.0 Å². The maximum Gasteiger partial charge on any atom is 0.264 e. The second-order valence-electron chi connectivity index (χ2n) is 9.09. The van der Waals surface area contributed by atoms with Crippen LogP contribution in [0, 0.1) is 0 Å². The molecule has 0 unspecified atom stereocenters. The molecule has 39 heavy (non-hydrogen) atoms. The van der Waals surface area contributed by atoms with E-state index in [4.69, 9.17) is 23.2 Å². The summed E-state index contributed by atoms with van der Waals surface area (Å²) < 4.78 is 29.4. The van der Waals surface area contributed by atoms with Gasteiger partial charge < -0.3 is 10.2 Å².